The highest BCUT2D eigenvalue weighted by molar-refractivity contribution is 6.02. The number of hydrogen-bond donors (Lipinski definition) is 0. The Morgan fingerprint density at radius 3 is 2.64 bits per heavy atom. The number of halogens is 3. The summed E-state index contributed by atoms with van der Waals surface area (Å²) in [5.74, 6) is -2.19. The summed E-state index contributed by atoms with van der Waals surface area (Å²) in [6, 6.07) is 2.02. The average Bonchev–Trinajstić information content (AvgIpc) is 3.22. The van der Waals surface area contributed by atoms with Crippen LogP contribution in [0.1, 0.15) is 57.4 Å². The lowest BCUT2D eigenvalue weighted by Gasteiger charge is -2.40. The predicted octanol–water partition coefficient (Wildman–Crippen LogP) is 5.64. The van der Waals surface area contributed by atoms with Crippen molar-refractivity contribution in [2.75, 3.05) is 26.7 Å². The molecule has 0 radical (unpaired) electrons. The van der Waals surface area contributed by atoms with Crippen LogP contribution < -0.4 is 0 Å². The molecular formula is C28H35F3N4O. The van der Waals surface area contributed by atoms with Crippen LogP contribution in [0.4, 0.5) is 13.2 Å². The van der Waals surface area contributed by atoms with Gasteiger partial charge in [0, 0.05) is 62.2 Å². The summed E-state index contributed by atoms with van der Waals surface area (Å²) >= 11 is 0. The molecule has 0 aromatic carbocycles. The van der Waals surface area contributed by atoms with Gasteiger partial charge in [-0.1, -0.05) is 0 Å². The molecule has 1 atom stereocenters. The number of hydrogen-bond acceptors (Lipinski definition) is 3. The molecule has 194 valence electrons. The quantitative estimate of drug-likeness (QED) is 0.516. The molecule has 5 rings (SSSR count). The molecule has 1 saturated carbocycles. The number of piperidine rings is 1. The van der Waals surface area contributed by atoms with Crippen molar-refractivity contribution in [2.45, 2.75) is 70.0 Å². The minimum atomic E-state index is -2.46. The van der Waals surface area contributed by atoms with Gasteiger partial charge in [0.2, 0.25) is 5.92 Å². The van der Waals surface area contributed by atoms with E-state index in [9.17, 15) is 18.0 Å². The third-order valence-electron chi connectivity index (χ3n) is 8.14. The maximum Gasteiger partial charge on any atom is 0.251 e. The van der Waals surface area contributed by atoms with Crippen LogP contribution >= 0.6 is 0 Å². The van der Waals surface area contributed by atoms with Crippen LogP contribution in [0.15, 0.2) is 42.4 Å². The van der Waals surface area contributed by atoms with Crippen molar-refractivity contribution in [2.24, 2.45) is 5.92 Å². The number of alkyl halides is 3. The Morgan fingerprint density at radius 1 is 1.25 bits per heavy atom. The minimum absolute atomic E-state index is 0.00481. The molecule has 2 aromatic rings. The lowest BCUT2D eigenvalue weighted by atomic mass is 9.80. The molecule has 1 aliphatic heterocycles. The van der Waals surface area contributed by atoms with E-state index in [0.717, 1.165) is 43.4 Å². The van der Waals surface area contributed by atoms with Crippen molar-refractivity contribution < 1.29 is 18.0 Å². The fourth-order valence-corrected chi connectivity index (χ4v) is 5.86. The van der Waals surface area contributed by atoms with Gasteiger partial charge in [-0.25, -0.2) is 13.2 Å². The fourth-order valence-electron chi connectivity index (χ4n) is 5.86. The molecule has 2 fully saturated rings. The van der Waals surface area contributed by atoms with Crippen LogP contribution in [-0.2, 0) is 4.79 Å². The molecule has 1 unspecified atom stereocenters. The monoisotopic (exact) mass is 500 g/mol. The number of nitrogens with zero attached hydrogens (tertiary/aromatic N) is 4. The molecule has 0 bridgehead atoms. The second kappa shape index (κ2) is 9.69. The van der Waals surface area contributed by atoms with Crippen molar-refractivity contribution in [3.05, 3.63) is 47.9 Å². The van der Waals surface area contributed by atoms with E-state index >= 15 is 0 Å². The van der Waals surface area contributed by atoms with Gasteiger partial charge in [-0.05, 0) is 75.4 Å². The van der Waals surface area contributed by atoms with E-state index in [-0.39, 0.29) is 37.1 Å². The lowest BCUT2D eigenvalue weighted by Crippen LogP contribution is -2.44. The van der Waals surface area contributed by atoms with E-state index in [2.05, 4.69) is 16.1 Å². The zero-order valence-corrected chi connectivity index (χ0v) is 21.3. The number of rotatable bonds is 6. The van der Waals surface area contributed by atoms with Crippen molar-refractivity contribution in [1.82, 2.24) is 19.4 Å². The number of carbonyl (C=O) groups excluding carboxylic acids is 1. The maximum atomic E-state index is 14.4. The first kappa shape index (κ1) is 25.1. The maximum absolute atomic E-state index is 14.4. The molecule has 1 saturated heterocycles. The zero-order chi connectivity index (χ0) is 25.6. The summed E-state index contributed by atoms with van der Waals surface area (Å²) in [7, 11) is 1.75. The SMILES string of the molecule is CC(C)N(C)C(=O)C1=C(n2cc(C3CCN(CC4CC(F)(F)C4)CC3)c3ccncc32)C=CC(F)C1. The fraction of sp³-hybridized carbons (Fsp3) is 0.571. The van der Waals surface area contributed by atoms with E-state index in [4.69, 9.17) is 0 Å². The molecular weight excluding hydrogens is 465 g/mol. The van der Waals surface area contributed by atoms with Gasteiger partial charge in [0.15, 0.2) is 0 Å². The minimum Gasteiger partial charge on any atom is -0.339 e. The number of fused-ring (bicyclic) bond motifs is 1. The third kappa shape index (κ3) is 4.84. The Hall–Kier alpha value is -2.61. The Morgan fingerprint density at radius 2 is 1.97 bits per heavy atom. The molecule has 5 nitrogen and oxygen atoms in total. The van der Waals surface area contributed by atoms with Crippen molar-refractivity contribution in [3.8, 4) is 0 Å². The number of likely N-dealkylation sites (N-methyl/N-ethyl adjacent to an activating group) is 1. The summed E-state index contributed by atoms with van der Waals surface area (Å²) in [5, 5.41) is 1.09. The molecule has 0 N–H and O–H groups in total. The molecule has 36 heavy (non-hydrogen) atoms. The first-order valence-electron chi connectivity index (χ1n) is 13.0. The van der Waals surface area contributed by atoms with E-state index < -0.39 is 12.1 Å². The van der Waals surface area contributed by atoms with E-state index in [0.29, 0.717) is 17.2 Å². The third-order valence-corrected chi connectivity index (χ3v) is 8.14. The smallest absolute Gasteiger partial charge is 0.251 e. The van der Waals surface area contributed by atoms with E-state index in [1.54, 1.807) is 30.4 Å². The van der Waals surface area contributed by atoms with Gasteiger partial charge in [-0.3, -0.25) is 9.78 Å². The number of pyridine rings is 1. The van der Waals surface area contributed by atoms with E-state index in [1.807, 2.05) is 24.5 Å². The van der Waals surface area contributed by atoms with Gasteiger partial charge in [-0.2, -0.15) is 0 Å². The predicted molar refractivity (Wildman–Crippen MR) is 136 cm³/mol. The number of aromatic nitrogens is 2. The number of carbonyl (C=O) groups is 1. The van der Waals surface area contributed by atoms with Gasteiger partial charge in [0.05, 0.1) is 17.4 Å². The average molecular weight is 501 g/mol. The molecule has 2 aromatic heterocycles. The van der Waals surface area contributed by atoms with Crippen LogP contribution in [0, 0.1) is 5.92 Å². The summed E-state index contributed by atoms with van der Waals surface area (Å²) in [5.41, 5.74) is 3.28. The Labute approximate surface area is 210 Å². The van der Waals surface area contributed by atoms with Gasteiger partial charge in [-0.15, -0.1) is 0 Å². The normalized spacial score (nSPS) is 23.5. The molecule has 2 aliphatic carbocycles. The zero-order valence-electron chi connectivity index (χ0n) is 21.3. The standard InChI is InChI=1S/C28H35F3N4O/c1-18(2)33(3)27(36)23-12-21(29)4-5-25(23)35-17-24(22-6-9-32-15-26(22)35)20-7-10-34(11-8-20)16-19-13-28(30,31)14-19/h4-6,9,15,17-21H,7-8,10-14,16H2,1-3H3. The molecule has 3 aliphatic rings. The van der Waals surface area contributed by atoms with Gasteiger partial charge < -0.3 is 14.4 Å². The second-order valence-electron chi connectivity index (χ2n) is 11.0. The van der Waals surface area contributed by atoms with Crippen LogP contribution in [0.25, 0.3) is 16.6 Å². The largest absolute Gasteiger partial charge is 0.339 e. The summed E-state index contributed by atoms with van der Waals surface area (Å²) in [6.07, 6.45) is 9.73. The van der Waals surface area contributed by atoms with Crippen LogP contribution in [0.3, 0.4) is 0 Å². The summed E-state index contributed by atoms with van der Waals surface area (Å²) < 4.78 is 42.9. The number of allylic oxidation sites excluding steroid dienone is 3. The Bertz CT molecular complexity index is 1180. The van der Waals surface area contributed by atoms with Crippen molar-refractivity contribution in [1.29, 1.82) is 0 Å². The topological polar surface area (TPSA) is 41.4 Å². The second-order valence-corrected chi connectivity index (χ2v) is 11.0. The van der Waals surface area contributed by atoms with E-state index in [1.165, 1.54) is 11.6 Å². The molecule has 8 heteroatoms. The molecule has 1 amide bonds. The Balaban J connectivity index is 1.42. The lowest BCUT2D eigenvalue weighted by molar-refractivity contribution is -0.127. The highest BCUT2D eigenvalue weighted by atomic mass is 19.3. The first-order chi connectivity index (χ1) is 17.1. The molecule has 3 heterocycles. The molecule has 0 spiro atoms. The van der Waals surface area contributed by atoms with Gasteiger partial charge >= 0.3 is 0 Å². The van der Waals surface area contributed by atoms with Crippen molar-refractivity contribution >= 4 is 22.5 Å². The Kier molecular flexibility index (Phi) is 6.74. The number of amides is 1. The van der Waals surface area contributed by atoms with Crippen molar-refractivity contribution in [3.63, 3.8) is 0 Å². The first-order valence-corrected chi connectivity index (χ1v) is 13.0. The van der Waals surface area contributed by atoms with Gasteiger partial charge in [0.1, 0.15) is 6.17 Å². The summed E-state index contributed by atoms with van der Waals surface area (Å²) in [4.78, 5) is 21.6. The highest BCUT2D eigenvalue weighted by Crippen LogP contribution is 2.43. The van der Waals surface area contributed by atoms with Crippen LogP contribution in [-0.4, -0.2) is 70.1 Å². The summed E-state index contributed by atoms with van der Waals surface area (Å²) in [6.45, 7) is 6.42. The van der Waals surface area contributed by atoms with Gasteiger partial charge in [0.25, 0.3) is 5.91 Å². The number of likely N-dealkylation sites (tertiary alicyclic amines) is 1. The van der Waals surface area contributed by atoms with Crippen LogP contribution in [0.5, 0.6) is 0 Å². The van der Waals surface area contributed by atoms with Crippen LogP contribution in [0.2, 0.25) is 0 Å². The highest BCUT2D eigenvalue weighted by Gasteiger charge is 2.45.